The van der Waals surface area contributed by atoms with E-state index in [1.54, 1.807) is 18.2 Å². The predicted molar refractivity (Wildman–Crippen MR) is 74.1 cm³/mol. The van der Waals surface area contributed by atoms with Gasteiger partial charge >= 0.3 is 6.18 Å². The zero-order valence-electron chi connectivity index (χ0n) is 12.1. The number of likely N-dealkylation sites (tertiary alicyclic amines) is 1. The van der Waals surface area contributed by atoms with Crippen molar-refractivity contribution in [3.8, 4) is 0 Å². The zero-order valence-corrected chi connectivity index (χ0v) is 12.1. The number of hydrogen-bond acceptors (Lipinski definition) is 2. The molecule has 0 aliphatic carbocycles. The maximum absolute atomic E-state index is 14.0. The monoisotopic (exact) mass is 313 g/mol. The summed E-state index contributed by atoms with van der Waals surface area (Å²) in [5.41, 5.74) is -2.09. The molecule has 2 saturated heterocycles. The molecule has 2 heterocycles. The average Bonchev–Trinajstić information content (AvgIpc) is 3.17. The first-order valence-corrected chi connectivity index (χ1v) is 7.52. The van der Waals surface area contributed by atoms with Crippen LogP contribution in [0.25, 0.3) is 0 Å². The van der Waals surface area contributed by atoms with E-state index in [1.807, 2.05) is 0 Å². The van der Waals surface area contributed by atoms with Crippen LogP contribution >= 0.6 is 0 Å². The summed E-state index contributed by atoms with van der Waals surface area (Å²) in [5.74, 6) is -0.531. The van der Waals surface area contributed by atoms with Crippen LogP contribution in [0.1, 0.15) is 31.2 Å². The van der Waals surface area contributed by atoms with E-state index >= 15 is 0 Å². The molecule has 3 nitrogen and oxygen atoms in total. The Morgan fingerprint density at radius 2 is 1.95 bits per heavy atom. The van der Waals surface area contributed by atoms with Crippen LogP contribution in [0.15, 0.2) is 30.3 Å². The minimum Gasteiger partial charge on any atom is -0.368 e. The second kappa shape index (κ2) is 5.57. The summed E-state index contributed by atoms with van der Waals surface area (Å²) in [5, 5.41) is 0. The third-order valence-corrected chi connectivity index (χ3v) is 4.57. The van der Waals surface area contributed by atoms with Crippen molar-refractivity contribution in [2.75, 3.05) is 13.2 Å². The summed E-state index contributed by atoms with van der Waals surface area (Å²) < 4.78 is 47.2. The number of hydrogen-bond donors (Lipinski definition) is 0. The topological polar surface area (TPSA) is 29.5 Å². The van der Waals surface area contributed by atoms with Crippen LogP contribution in [0.4, 0.5) is 13.2 Å². The molecule has 1 aromatic carbocycles. The standard InChI is InChI=1S/C16H18F3NO2/c17-16(18,19)15(12-6-2-1-3-7-12)9-5-10-20(15)14(21)13-8-4-11-22-13/h1-3,6-7,13H,4-5,8-11H2/t13-,15-/m0/s1. The highest BCUT2D eigenvalue weighted by molar-refractivity contribution is 5.82. The van der Waals surface area contributed by atoms with E-state index in [-0.39, 0.29) is 18.5 Å². The quantitative estimate of drug-likeness (QED) is 0.839. The number of benzene rings is 1. The molecule has 3 rings (SSSR count). The second-order valence-corrected chi connectivity index (χ2v) is 5.82. The molecule has 6 heteroatoms. The molecular weight excluding hydrogens is 295 g/mol. The molecule has 0 saturated carbocycles. The number of halogens is 3. The summed E-state index contributed by atoms with van der Waals surface area (Å²) in [4.78, 5) is 13.6. The van der Waals surface area contributed by atoms with Crippen molar-refractivity contribution in [2.24, 2.45) is 0 Å². The van der Waals surface area contributed by atoms with Crippen molar-refractivity contribution in [2.45, 2.75) is 43.5 Å². The molecule has 0 bridgehead atoms. The van der Waals surface area contributed by atoms with E-state index in [1.165, 1.54) is 12.1 Å². The molecule has 0 spiro atoms. The highest BCUT2D eigenvalue weighted by Gasteiger charge is 2.63. The van der Waals surface area contributed by atoms with E-state index < -0.39 is 23.7 Å². The van der Waals surface area contributed by atoms with Gasteiger partial charge in [-0.1, -0.05) is 30.3 Å². The van der Waals surface area contributed by atoms with Gasteiger partial charge in [0.1, 0.15) is 6.10 Å². The fourth-order valence-corrected chi connectivity index (χ4v) is 3.54. The summed E-state index contributed by atoms with van der Waals surface area (Å²) in [7, 11) is 0. The number of carbonyl (C=O) groups excluding carboxylic acids is 1. The third kappa shape index (κ3) is 2.29. The molecule has 1 amide bonds. The Morgan fingerprint density at radius 3 is 2.55 bits per heavy atom. The van der Waals surface area contributed by atoms with Gasteiger partial charge in [-0.2, -0.15) is 13.2 Å². The van der Waals surface area contributed by atoms with Gasteiger partial charge in [-0.05, 0) is 31.2 Å². The Labute approximate surface area is 127 Å². The minimum absolute atomic E-state index is 0.0982. The van der Waals surface area contributed by atoms with Crippen molar-refractivity contribution in [3.63, 3.8) is 0 Å². The fraction of sp³-hybridized carbons (Fsp3) is 0.562. The molecule has 0 unspecified atom stereocenters. The van der Waals surface area contributed by atoms with Crippen LogP contribution in [0.5, 0.6) is 0 Å². The molecule has 2 aliphatic heterocycles. The van der Waals surface area contributed by atoms with Crippen LogP contribution in [-0.2, 0) is 15.1 Å². The molecule has 1 aromatic rings. The van der Waals surface area contributed by atoms with Gasteiger partial charge in [-0.3, -0.25) is 4.79 Å². The van der Waals surface area contributed by atoms with Gasteiger partial charge in [0.25, 0.3) is 5.91 Å². The van der Waals surface area contributed by atoms with Crippen molar-refractivity contribution < 1.29 is 22.7 Å². The van der Waals surface area contributed by atoms with Crippen LogP contribution in [-0.4, -0.2) is 36.2 Å². The zero-order chi connectivity index (χ0) is 15.8. The highest BCUT2D eigenvalue weighted by atomic mass is 19.4. The summed E-state index contributed by atoms with van der Waals surface area (Å²) in [6, 6.07) is 7.74. The highest BCUT2D eigenvalue weighted by Crippen LogP contribution is 2.51. The number of rotatable bonds is 2. The largest absolute Gasteiger partial charge is 0.415 e. The lowest BCUT2D eigenvalue weighted by Crippen LogP contribution is -2.56. The van der Waals surface area contributed by atoms with Gasteiger partial charge in [-0.25, -0.2) is 0 Å². The molecule has 0 radical (unpaired) electrons. The number of amides is 1. The maximum Gasteiger partial charge on any atom is 0.415 e. The normalized spacial score (nSPS) is 29.0. The fourth-order valence-electron chi connectivity index (χ4n) is 3.54. The molecule has 2 atom stereocenters. The third-order valence-electron chi connectivity index (χ3n) is 4.57. The number of nitrogens with zero attached hydrogens (tertiary/aromatic N) is 1. The first kappa shape index (κ1) is 15.3. The van der Waals surface area contributed by atoms with Crippen molar-refractivity contribution >= 4 is 5.91 Å². The Kier molecular flexibility index (Phi) is 3.89. The summed E-state index contributed by atoms with van der Waals surface area (Å²) in [6.07, 6.45) is -3.79. The van der Waals surface area contributed by atoms with E-state index in [2.05, 4.69) is 0 Å². The Bertz CT molecular complexity index is 540. The Balaban J connectivity index is 2.02. The lowest BCUT2D eigenvalue weighted by molar-refractivity contribution is -0.230. The summed E-state index contributed by atoms with van der Waals surface area (Å²) in [6.45, 7) is 0.557. The second-order valence-electron chi connectivity index (χ2n) is 5.82. The molecule has 22 heavy (non-hydrogen) atoms. The predicted octanol–water partition coefficient (Wildman–Crippen LogP) is 3.25. The number of carbonyl (C=O) groups is 1. The lowest BCUT2D eigenvalue weighted by Gasteiger charge is -2.41. The van der Waals surface area contributed by atoms with Crippen molar-refractivity contribution in [1.82, 2.24) is 4.90 Å². The van der Waals surface area contributed by atoms with Crippen LogP contribution < -0.4 is 0 Å². The lowest BCUT2D eigenvalue weighted by atomic mass is 9.86. The molecule has 120 valence electrons. The van der Waals surface area contributed by atoms with E-state index in [0.717, 1.165) is 4.90 Å². The minimum atomic E-state index is -4.51. The summed E-state index contributed by atoms with van der Waals surface area (Å²) >= 11 is 0. The van der Waals surface area contributed by atoms with Crippen molar-refractivity contribution in [3.05, 3.63) is 35.9 Å². The van der Waals surface area contributed by atoms with Crippen molar-refractivity contribution in [1.29, 1.82) is 0 Å². The first-order valence-electron chi connectivity index (χ1n) is 7.52. The van der Waals surface area contributed by atoms with Gasteiger partial charge in [-0.15, -0.1) is 0 Å². The van der Waals surface area contributed by atoms with Gasteiger partial charge in [0, 0.05) is 13.2 Å². The SMILES string of the molecule is O=C([C@@H]1CCCO1)N1CCC[C@]1(c1ccccc1)C(F)(F)F. The van der Waals surface area contributed by atoms with E-state index in [4.69, 9.17) is 4.74 Å². The smallest absolute Gasteiger partial charge is 0.368 e. The molecule has 2 aliphatic rings. The number of alkyl halides is 3. The first-order chi connectivity index (χ1) is 10.5. The van der Waals surface area contributed by atoms with Gasteiger partial charge in [0.2, 0.25) is 0 Å². The van der Waals surface area contributed by atoms with Crippen LogP contribution in [0.2, 0.25) is 0 Å². The average molecular weight is 313 g/mol. The van der Waals surface area contributed by atoms with Crippen LogP contribution in [0, 0.1) is 0 Å². The van der Waals surface area contributed by atoms with E-state index in [9.17, 15) is 18.0 Å². The van der Waals surface area contributed by atoms with Gasteiger partial charge in [0.05, 0.1) is 0 Å². The Morgan fingerprint density at radius 1 is 1.23 bits per heavy atom. The maximum atomic E-state index is 14.0. The van der Waals surface area contributed by atoms with Crippen LogP contribution in [0.3, 0.4) is 0 Å². The molecule has 0 N–H and O–H groups in total. The molecular formula is C16H18F3NO2. The molecule has 0 aromatic heterocycles. The van der Waals surface area contributed by atoms with Gasteiger partial charge in [0.15, 0.2) is 5.54 Å². The van der Waals surface area contributed by atoms with Gasteiger partial charge < -0.3 is 9.64 Å². The van der Waals surface area contributed by atoms with E-state index in [0.29, 0.717) is 25.9 Å². The molecule has 2 fully saturated rings. The number of ether oxygens (including phenoxy) is 1. The Hall–Kier alpha value is -1.56.